The highest BCUT2D eigenvalue weighted by atomic mass is 15.3. The fourth-order valence-electron chi connectivity index (χ4n) is 3.41. The lowest BCUT2D eigenvalue weighted by atomic mass is 9.98. The second-order valence-corrected chi connectivity index (χ2v) is 6.99. The smallest absolute Gasteiger partial charge is 0.0415 e. The molecule has 3 nitrogen and oxygen atoms in total. The Labute approximate surface area is 123 Å². The average molecular weight is 273 g/mol. The second kappa shape index (κ2) is 5.38. The average Bonchev–Trinajstić information content (AvgIpc) is 2.46. The summed E-state index contributed by atoms with van der Waals surface area (Å²) in [6.45, 7) is 13.7. The van der Waals surface area contributed by atoms with Gasteiger partial charge in [0, 0.05) is 44.0 Å². The van der Waals surface area contributed by atoms with E-state index in [-0.39, 0.29) is 0 Å². The van der Waals surface area contributed by atoms with Crippen molar-refractivity contribution >= 4 is 5.69 Å². The van der Waals surface area contributed by atoms with Gasteiger partial charge in [-0.05, 0) is 50.9 Å². The molecule has 1 N–H and O–H groups in total. The molecular formula is C17H27N3. The number of nitrogens with one attached hydrogen (secondary N) is 1. The summed E-state index contributed by atoms with van der Waals surface area (Å²) < 4.78 is 0. The second-order valence-electron chi connectivity index (χ2n) is 6.99. The van der Waals surface area contributed by atoms with Crippen molar-refractivity contribution in [1.82, 2.24) is 10.2 Å². The minimum atomic E-state index is 0.295. The lowest BCUT2D eigenvalue weighted by Crippen LogP contribution is -2.53. The molecule has 0 radical (unpaired) electrons. The monoisotopic (exact) mass is 273 g/mol. The summed E-state index contributed by atoms with van der Waals surface area (Å²) >= 11 is 0. The molecule has 2 heterocycles. The van der Waals surface area contributed by atoms with Crippen LogP contribution in [0.3, 0.4) is 0 Å². The van der Waals surface area contributed by atoms with Gasteiger partial charge in [-0.2, -0.15) is 0 Å². The zero-order chi connectivity index (χ0) is 14.2. The topological polar surface area (TPSA) is 18.5 Å². The van der Waals surface area contributed by atoms with Gasteiger partial charge in [-0.25, -0.2) is 0 Å². The fraction of sp³-hybridized carbons (Fsp3) is 0.647. The summed E-state index contributed by atoms with van der Waals surface area (Å²) in [6.07, 6.45) is 1.17. The zero-order valence-corrected chi connectivity index (χ0v) is 13.1. The van der Waals surface area contributed by atoms with Crippen molar-refractivity contribution in [3.63, 3.8) is 0 Å². The van der Waals surface area contributed by atoms with Crippen LogP contribution in [-0.2, 0) is 13.0 Å². The first kappa shape index (κ1) is 13.9. The molecule has 110 valence electrons. The molecule has 2 aliphatic rings. The predicted octanol–water partition coefficient (Wildman–Crippen LogP) is 2.25. The number of fused-ring (bicyclic) bond motifs is 1. The van der Waals surface area contributed by atoms with Crippen molar-refractivity contribution < 1.29 is 0 Å². The number of hydrogen-bond donors (Lipinski definition) is 1. The van der Waals surface area contributed by atoms with E-state index in [1.807, 2.05) is 0 Å². The first-order valence-electron chi connectivity index (χ1n) is 7.87. The van der Waals surface area contributed by atoms with Crippen LogP contribution >= 0.6 is 0 Å². The number of rotatable bonds is 1. The Hall–Kier alpha value is -1.06. The minimum Gasteiger partial charge on any atom is -0.369 e. The molecule has 0 unspecified atom stereocenters. The van der Waals surface area contributed by atoms with E-state index in [0.717, 1.165) is 26.2 Å². The Kier molecular flexibility index (Phi) is 3.74. The maximum absolute atomic E-state index is 3.52. The Balaban J connectivity index is 1.76. The molecule has 0 amide bonds. The van der Waals surface area contributed by atoms with Crippen molar-refractivity contribution in [3.05, 3.63) is 29.3 Å². The number of anilines is 1. The molecule has 3 heteroatoms. The highest BCUT2D eigenvalue weighted by molar-refractivity contribution is 5.58. The van der Waals surface area contributed by atoms with Crippen molar-refractivity contribution in [2.75, 3.05) is 37.6 Å². The Morgan fingerprint density at radius 2 is 1.80 bits per heavy atom. The third-order valence-electron chi connectivity index (χ3n) is 4.69. The first-order valence-corrected chi connectivity index (χ1v) is 7.87. The molecule has 0 saturated carbocycles. The summed E-state index contributed by atoms with van der Waals surface area (Å²) in [5.41, 5.74) is 4.83. The Morgan fingerprint density at radius 1 is 1.05 bits per heavy atom. The van der Waals surface area contributed by atoms with Crippen LogP contribution in [0.15, 0.2) is 18.2 Å². The largest absolute Gasteiger partial charge is 0.369 e. The quantitative estimate of drug-likeness (QED) is 0.847. The molecule has 1 saturated heterocycles. The fourth-order valence-corrected chi connectivity index (χ4v) is 3.41. The molecule has 1 aromatic rings. The summed E-state index contributed by atoms with van der Waals surface area (Å²) in [7, 11) is 0. The van der Waals surface area contributed by atoms with Crippen molar-refractivity contribution in [2.24, 2.45) is 0 Å². The molecule has 3 rings (SSSR count). The van der Waals surface area contributed by atoms with Crippen LogP contribution in [0.5, 0.6) is 0 Å². The highest BCUT2D eigenvalue weighted by Gasteiger charge is 2.27. The van der Waals surface area contributed by atoms with Gasteiger partial charge in [0.1, 0.15) is 0 Å². The van der Waals surface area contributed by atoms with E-state index < -0.39 is 0 Å². The molecule has 0 atom stereocenters. The van der Waals surface area contributed by atoms with E-state index in [0.29, 0.717) is 5.54 Å². The van der Waals surface area contributed by atoms with E-state index in [1.54, 1.807) is 5.56 Å². The van der Waals surface area contributed by atoms with Gasteiger partial charge in [0.25, 0.3) is 0 Å². The van der Waals surface area contributed by atoms with Crippen LogP contribution in [-0.4, -0.2) is 43.2 Å². The molecule has 0 bridgehead atoms. The van der Waals surface area contributed by atoms with Crippen LogP contribution in [0.25, 0.3) is 0 Å². The molecule has 1 fully saturated rings. The zero-order valence-electron chi connectivity index (χ0n) is 13.1. The molecule has 0 spiro atoms. The van der Waals surface area contributed by atoms with Gasteiger partial charge in [0.05, 0.1) is 0 Å². The van der Waals surface area contributed by atoms with Gasteiger partial charge in [0.2, 0.25) is 0 Å². The number of hydrogen-bond acceptors (Lipinski definition) is 3. The summed E-state index contributed by atoms with van der Waals surface area (Å²) in [4.78, 5) is 5.17. The highest BCUT2D eigenvalue weighted by Crippen LogP contribution is 2.28. The van der Waals surface area contributed by atoms with Gasteiger partial charge >= 0.3 is 0 Å². The van der Waals surface area contributed by atoms with Gasteiger partial charge in [0.15, 0.2) is 0 Å². The third kappa shape index (κ3) is 2.70. The standard InChI is InChI=1S/C17H27N3/c1-17(2,3)20-11-9-19(10-12-20)16-6-4-5-14-7-8-18-13-15(14)16/h4-6,18H,7-13H2,1-3H3. The van der Waals surface area contributed by atoms with E-state index in [1.165, 1.54) is 30.8 Å². The van der Waals surface area contributed by atoms with Crippen molar-refractivity contribution in [1.29, 1.82) is 0 Å². The molecular weight excluding hydrogens is 246 g/mol. The molecule has 0 aliphatic carbocycles. The van der Waals surface area contributed by atoms with Gasteiger partial charge in [-0.3, -0.25) is 4.90 Å². The third-order valence-corrected chi connectivity index (χ3v) is 4.69. The lowest BCUT2D eigenvalue weighted by Gasteiger charge is -2.43. The first-order chi connectivity index (χ1) is 9.55. The SMILES string of the molecule is CC(C)(C)N1CCN(c2cccc3c2CNCC3)CC1. The number of benzene rings is 1. The van der Waals surface area contributed by atoms with Crippen LogP contribution in [0.4, 0.5) is 5.69 Å². The summed E-state index contributed by atoms with van der Waals surface area (Å²) in [6, 6.07) is 6.83. The molecule has 1 aromatic carbocycles. The van der Waals surface area contributed by atoms with Crippen molar-refractivity contribution in [3.8, 4) is 0 Å². The van der Waals surface area contributed by atoms with E-state index in [9.17, 15) is 0 Å². The van der Waals surface area contributed by atoms with Crippen molar-refractivity contribution in [2.45, 2.75) is 39.3 Å². The van der Waals surface area contributed by atoms with Crippen LogP contribution in [0.1, 0.15) is 31.9 Å². The maximum atomic E-state index is 3.52. The lowest BCUT2D eigenvalue weighted by molar-refractivity contribution is 0.128. The van der Waals surface area contributed by atoms with Gasteiger partial charge in [-0.1, -0.05) is 12.1 Å². The summed E-state index contributed by atoms with van der Waals surface area (Å²) in [5, 5.41) is 3.52. The molecule has 2 aliphatic heterocycles. The number of nitrogens with zero attached hydrogens (tertiary/aromatic N) is 2. The van der Waals surface area contributed by atoms with E-state index in [4.69, 9.17) is 0 Å². The normalized spacial score (nSPS) is 20.9. The van der Waals surface area contributed by atoms with Gasteiger partial charge < -0.3 is 10.2 Å². The van der Waals surface area contributed by atoms with Gasteiger partial charge in [-0.15, -0.1) is 0 Å². The van der Waals surface area contributed by atoms with E-state index >= 15 is 0 Å². The molecule has 0 aromatic heterocycles. The van der Waals surface area contributed by atoms with Crippen LogP contribution < -0.4 is 10.2 Å². The summed E-state index contributed by atoms with van der Waals surface area (Å²) in [5.74, 6) is 0. The Morgan fingerprint density at radius 3 is 2.50 bits per heavy atom. The molecule has 20 heavy (non-hydrogen) atoms. The number of piperazine rings is 1. The maximum Gasteiger partial charge on any atom is 0.0415 e. The van der Waals surface area contributed by atoms with Crippen LogP contribution in [0, 0.1) is 0 Å². The Bertz CT molecular complexity index is 468. The van der Waals surface area contributed by atoms with E-state index in [2.05, 4.69) is 54.1 Å². The predicted molar refractivity (Wildman–Crippen MR) is 85.4 cm³/mol. The minimum absolute atomic E-state index is 0.295. The van der Waals surface area contributed by atoms with Crippen LogP contribution in [0.2, 0.25) is 0 Å².